The number of furan rings is 1. The Labute approximate surface area is 190 Å². The van der Waals surface area contributed by atoms with Gasteiger partial charge in [-0.3, -0.25) is 14.4 Å². The number of anilines is 3. The number of nitrogens with zero attached hydrogens (tertiary/aromatic N) is 1. The van der Waals surface area contributed by atoms with Crippen LogP contribution in [0.15, 0.2) is 65.3 Å². The zero-order valence-electron chi connectivity index (χ0n) is 18.2. The normalized spacial score (nSPS) is 15.3. The minimum atomic E-state index is -0.522. The number of amides is 3. The van der Waals surface area contributed by atoms with Crippen LogP contribution in [0.3, 0.4) is 0 Å². The molecule has 0 aliphatic carbocycles. The summed E-state index contributed by atoms with van der Waals surface area (Å²) in [6.07, 6.45) is 1.51. The van der Waals surface area contributed by atoms with E-state index in [0.29, 0.717) is 28.6 Å². The maximum atomic E-state index is 12.8. The van der Waals surface area contributed by atoms with E-state index < -0.39 is 5.92 Å². The van der Waals surface area contributed by atoms with Gasteiger partial charge in [-0.1, -0.05) is 0 Å². The third-order valence-corrected chi connectivity index (χ3v) is 5.33. The summed E-state index contributed by atoms with van der Waals surface area (Å²) in [5.74, 6) is -0.00236. The minimum Gasteiger partial charge on any atom is -0.497 e. The maximum Gasteiger partial charge on any atom is 0.291 e. The highest BCUT2D eigenvalue weighted by Gasteiger charge is 2.36. The first-order valence-electron chi connectivity index (χ1n) is 10.3. The molecule has 3 aromatic rings. The fraction of sp³-hybridized carbons (Fsp3) is 0.208. The molecule has 4 rings (SSSR count). The molecule has 9 heteroatoms. The molecule has 9 nitrogen and oxygen atoms in total. The van der Waals surface area contributed by atoms with Gasteiger partial charge in [-0.25, -0.2) is 0 Å². The van der Waals surface area contributed by atoms with E-state index in [0.717, 1.165) is 0 Å². The Morgan fingerprint density at radius 2 is 1.73 bits per heavy atom. The molecular weight excluding hydrogens is 426 g/mol. The first-order valence-corrected chi connectivity index (χ1v) is 10.3. The van der Waals surface area contributed by atoms with E-state index in [1.54, 1.807) is 66.6 Å². The second kappa shape index (κ2) is 9.47. The van der Waals surface area contributed by atoms with Crippen LogP contribution < -0.4 is 25.0 Å². The molecular formula is C24H23N3O6. The van der Waals surface area contributed by atoms with Crippen LogP contribution in [0.1, 0.15) is 17.0 Å². The zero-order valence-corrected chi connectivity index (χ0v) is 18.2. The number of benzene rings is 2. The molecule has 1 unspecified atom stereocenters. The van der Waals surface area contributed by atoms with Gasteiger partial charge in [-0.2, -0.15) is 0 Å². The molecule has 2 heterocycles. The molecule has 1 aliphatic rings. The van der Waals surface area contributed by atoms with Gasteiger partial charge in [-0.15, -0.1) is 0 Å². The van der Waals surface area contributed by atoms with Crippen LogP contribution in [0.25, 0.3) is 0 Å². The molecule has 3 amide bonds. The fourth-order valence-electron chi connectivity index (χ4n) is 3.61. The number of ether oxygens (including phenoxy) is 2. The van der Waals surface area contributed by atoms with Crippen LogP contribution in [-0.2, 0) is 9.59 Å². The van der Waals surface area contributed by atoms with Gasteiger partial charge in [-0.05, 0) is 48.5 Å². The molecule has 1 fully saturated rings. The molecule has 170 valence electrons. The molecule has 0 saturated carbocycles. The summed E-state index contributed by atoms with van der Waals surface area (Å²) in [6, 6.07) is 15.1. The van der Waals surface area contributed by atoms with Crippen molar-refractivity contribution in [3.63, 3.8) is 0 Å². The molecule has 1 aromatic heterocycles. The predicted octanol–water partition coefficient (Wildman–Crippen LogP) is 3.54. The van der Waals surface area contributed by atoms with E-state index in [1.807, 2.05) is 0 Å². The first-order chi connectivity index (χ1) is 16.0. The number of rotatable bonds is 7. The van der Waals surface area contributed by atoms with Crippen molar-refractivity contribution in [2.45, 2.75) is 6.42 Å². The monoisotopic (exact) mass is 449 g/mol. The Bertz CT molecular complexity index is 1160. The Kier molecular flexibility index (Phi) is 6.30. The number of methoxy groups -OCH3 is 2. The number of nitrogens with one attached hydrogen (secondary N) is 2. The summed E-state index contributed by atoms with van der Waals surface area (Å²) in [7, 11) is 3.07. The van der Waals surface area contributed by atoms with Gasteiger partial charge < -0.3 is 29.4 Å². The van der Waals surface area contributed by atoms with E-state index in [1.165, 1.54) is 13.4 Å². The van der Waals surface area contributed by atoms with E-state index in [4.69, 9.17) is 13.9 Å². The van der Waals surface area contributed by atoms with E-state index in [-0.39, 0.29) is 36.4 Å². The van der Waals surface area contributed by atoms with Crippen LogP contribution >= 0.6 is 0 Å². The Balaban J connectivity index is 1.39. The van der Waals surface area contributed by atoms with Gasteiger partial charge in [0, 0.05) is 30.4 Å². The van der Waals surface area contributed by atoms with Crippen LogP contribution in [0.4, 0.5) is 17.1 Å². The zero-order chi connectivity index (χ0) is 23.4. The largest absolute Gasteiger partial charge is 0.497 e. The van der Waals surface area contributed by atoms with Crippen LogP contribution in [-0.4, -0.2) is 38.5 Å². The molecule has 1 aliphatic heterocycles. The number of hydrogen-bond acceptors (Lipinski definition) is 6. The summed E-state index contributed by atoms with van der Waals surface area (Å²) in [6.45, 7) is 0.228. The van der Waals surface area contributed by atoms with Crippen LogP contribution in [0, 0.1) is 5.92 Å². The topological polar surface area (TPSA) is 110 Å². The average Bonchev–Trinajstić information content (AvgIpc) is 3.50. The van der Waals surface area contributed by atoms with Crippen molar-refractivity contribution in [3.8, 4) is 11.5 Å². The van der Waals surface area contributed by atoms with Gasteiger partial charge in [0.15, 0.2) is 5.76 Å². The van der Waals surface area contributed by atoms with E-state index in [9.17, 15) is 14.4 Å². The van der Waals surface area contributed by atoms with Crippen molar-refractivity contribution in [1.82, 2.24) is 0 Å². The van der Waals surface area contributed by atoms with Crippen molar-refractivity contribution in [3.05, 3.63) is 66.6 Å². The summed E-state index contributed by atoms with van der Waals surface area (Å²) >= 11 is 0. The third kappa shape index (κ3) is 4.82. The van der Waals surface area contributed by atoms with E-state index in [2.05, 4.69) is 10.6 Å². The lowest BCUT2D eigenvalue weighted by Crippen LogP contribution is -2.28. The highest BCUT2D eigenvalue weighted by molar-refractivity contribution is 6.05. The Morgan fingerprint density at radius 1 is 1.00 bits per heavy atom. The minimum absolute atomic E-state index is 0.0868. The SMILES string of the molecule is COc1ccc(OC)c(N2CC(C(=O)Nc3ccc(NC(=O)c4ccco4)cc3)CC2=O)c1. The predicted molar refractivity (Wildman–Crippen MR) is 122 cm³/mol. The van der Waals surface area contributed by atoms with Gasteiger partial charge in [0.05, 0.1) is 32.1 Å². The van der Waals surface area contributed by atoms with Crippen LogP contribution in [0.2, 0.25) is 0 Å². The second-order valence-electron chi connectivity index (χ2n) is 7.44. The summed E-state index contributed by atoms with van der Waals surface area (Å²) < 4.78 is 15.7. The quantitative estimate of drug-likeness (QED) is 0.571. The van der Waals surface area contributed by atoms with Crippen LogP contribution in [0.5, 0.6) is 11.5 Å². The molecule has 0 bridgehead atoms. The maximum absolute atomic E-state index is 12.8. The smallest absolute Gasteiger partial charge is 0.291 e. The fourth-order valence-corrected chi connectivity index (χ4v) is 3.61. The third-order valence-electron chi connectivity index (χ3n) is 5.33. The van der Waals surface area contributed by atoms with Gasteiger partial charge in [0.25, 0.3) is 5.91 Å². The van der Waals surface area contributed by atoms with Crippen molar-refractivity contribution in [2.75, 3.05) is 36.3 Å². The van der Waals surface area contributed by atoms with Crippen molar-refractivity contribution in [1.29, 1.82) is 0 Å². The van der Waals surface area contributed by atoms with Gasteiger partial charge in [0.1, 0.15) is 11.5 Å². The lowest BCUT2D eigenvalue weighted by atomic mass is 10.1. The van der Waals surface area contributed by atoms with Crippen molar-refractivity contribution < 1.29 is 28.3 Å². The Morgan fingerprint density at radius 3 is 2.36 bits per heavy atom. The highest BCUT2D eigenvalue weighted by atomic mass is 16.5. The van der Waals surface area contributed by atoms with E-state index >= 15 is 0 Å². The number of carbonyl (C=O) groups is 3. The molecule has 1 atom stereocenters. The summed E-state index contributed by atoms with van der Waals surface area (Å²) in [4.78, 5) is 39.1. The number of hydrogen-bond donors (Lipinski definition) is 2. The van der Waals surface area contributed by atoms with Crippen molar-refractivity contribution >= 4 is 34.8 Å². The second-order valence-corrected chi connectivity index (χ2v) is 7.44. The number of carbonyl (C=O) groups excluding carboxylic acids is 3. The standard InChI is InChI=1S/C24H23N3O6/c1-31-18-9-10-20(32-2)19(13-18)27-14-15(12-22(27)28)23(29)25-16-5-7-17(8-6-16)26-24(30)21-4-3-11-33-21/h3-11,13,15H,12,14H2,1-2H3,(H,25,29)(H,26,30). The molecule has 2 aromatic carbocycles. The molecule has 1 saturated heterocycles. The molecule has 0 spiro atoms. The first kappa shape index (κ1) is 21.9. The molecule has 0 radical (unpaired) electrons. The molecule has 33 heavy (non-hydrogen) atoms. The van der Waals surface area contributed by atoms with Gasteiger partial charge in [0.2, 0.25) is 11.8 Å². The lowest BCUT2D eigenvalue weighted by Gasteiger charge is -2.20. The Hall–Kier alpha value is -4.27. The lowest BCUT2D eigenvalue weighted by molar-refractivity contribution is -0.122. The summed E-state index contributed by atoms with van der Waals surface area (Å²) in [5, 5.41) is 5.54. The molecule has 2 N–H and O–H groups in total. The average molecular weight is 449 g/mol. The van der Waals surface area contributed by atoms with Crippen molar-refractivity contribution in [2.24, 2.45) is 5.92 Å². The van der Waals surface area contributed by atoms with Gasteiger partial charge >= 0.3 is 0 Å². The highest BCUT2D eigenvalue weighted by Crippen LogP contribution is 2.36. The summed E-state index contributed by atoms with van der Waals surface area (Å²) in [5.41, 5.74) is 1.68.